The third-order valence-corrected chi connectivity index (χ3v) is 5.43. The highest BCUT2D eigenvalue weighted by Gasteiger charge is 2.33. The number of hydrogen-bond donors (Lipinski definition) is 0. The van der Waals surface area contributed by atoms with Crippen LogP contribution in [-0.4, -0.2) is 0 Å². The monoisotopic (exact) mass is 356 g/mol. The molecule has 0 saturated heterocycles. The van der Waals surface area contributed by atoms with Crippen molar-refractivity contribution in [2.45, 2.75) is 19.3 Å². The van der Waals surface area contributed by atoms with Gasteiger partial charge in [-0.3, -0.25) is 0 Å². The molecule has 3 aromatic carbocycles. The molecule has 0 amide bonds. The van der Waals surface area contributed by atoms with Crippen molar-refractivity contribution in [1.82, 2.24) is 0 Å². The van der Waals surface area contributed by atoms with Crippen LogP contribution < -0.4 is 0 Å². The maximum Gasteiger partial charge on any atom is 0.0484 e. The lowest BCUT2D eigenvalue weighted by Crippen LogP contribution is -2.23. The van der Waals surface area contributed by atoms with Crippen molar-refractivity contribution in [3.8, 4) is 11.1 Å². The van der Waals surface area contributed by atoms with Crippen molar-refractivity contribution in [3.63, 3.8) is 0 Å². The fourth-order valence-corrected chi connectivity index (χ4v) is 4.11. The summed E-state index contributed by atoms with van der Waals surface area (Å²) in [6.45, 7) is 4.58. The first kappa shape index (κ1) is 13.4. The first-order valence-corrected chi connectivity index (χ1v) is 8.19. The Labute approximate surface area is 137 Å². The van der Waals surface area contributed by atoms with E-state index in [9.17, 15) is 0 Å². The molecular formula is C19H14BrCl. The van der Waals surface area contributed by atoms with Gasteiger partial charge in [0.2, 0.25) is 0 Å². The first-order valence-electron chi connectivity index (χ1n) is 7.02. The second kappa shape index (κ2) is 4.34. The van der Waals surface area contributed by atoms with Crippen LogP contribution in [0, 0.1) is 0 Å². The number of fused-ring (bicyclic) bond motifs is 2. The normalized spacial score (nSPS) is 15.0. The van der Waals surface area contributed by atoms with Crippen molar-refractivity contribution in [2.75, 3.05) is 0 Å². The summed E-state index contributed by atoms with van der Waals surface area (Å²) in [5.41, 5.74) is 5.27. The third kappa shape index (κ3) is 1.74. The lowest BCUT2D eigenvalue weighted by molar-refractivity contribution is 0.645. The first-order chi connectivity index (χ1) is 10.00. The molecule has 0 unspecified atom stereocenters. The van der Waals surface area contributed by atoms with Crippen LogP contribution in [0.2, 0.25) is 5.02 Å². The van der Waals surface area contributed by atoms with Gasteiger partial charge in [0.25, 0.3) is 0 Å². The zero-order valence-corrected chi connectivity index (χ0v) is 14.2. The van der Waals surface area contributed by atoms with Gasteiger partial charge in [-0.05, 0) is 45.8 Å². The molecule has 2 heteroatoms. The van der Waals surface area contributed by atoms with Gasteiger partial charge in [0.1, 0.15) is 0 Å². The molecule has 0 saturated carbocycles. The molecule has 104 valence electrons. The summed E-state index contributed by atoms with van der Waals surface area (Å²) < 4.78 is 1.12. The molecule has 0 spiro atoms. The van der Waals surface area contributed by atoms with E-state index in [1.165, 1.54) is 27.6 Å². The zero-order valence-electron chi connectivity index (χ0n) is 11.9. The standard InChI is InChI=1S/C19H14BrCl/c1-19(2)15-5-3-4-14-17(21)9-8-13(18(14)15)12-7-6-11(20)10-16(12)19/h3-10H,1-2H3. The van der Waals surface area contributed by atoms with E-state index in [1.807, 2.05) is 6.07 Å². The van der Waals surface area contributed by atoms with Gasteiger partial charge in [0, 0.05) is 20.3 Å². The Kier molecular flexibility index (Phi) is 2.76. The van der Waals surface area contributed by atoms with Gasteiger partial charge in [-0.25, -0.2) is 0 Å². The third-order valence-electron chi connectivity index (χ3n) is 4.61. The largest absolute Gasteiger partial charge is 0.0837 e. The van der Waals surface area contributed by atoms with Crippen molar-refractivity contribution < 1.29 is 0 Å². The maximum atomic E-state index is 6.42. The molecule has 0 fully saturated rings. The Morgan fingerprint density at radius 3 is 2.48 bits per heavy atom. The minimum atomic E-state index is -0.0314. The van der Waals surface area contributed by atoms with Crippen LogP contribution in [0.15, 0.2) is 53.0 Å². The van der Waals surface area contributed by atoms with Crippen LogP contribution in [0.25, 0.3) is 21.9 Å². The Morgan fingerprint density at radius 1 is 0.905 bits per heavy atom. The van der Waals surface area contributed by atoms with Crippen LogP contribution in [0.1, 0.15) is 25.0 Å². The molecule has 21 heavy (non-hydrogen) atoms. The molecule has 0 heterocycles. The SMILES string of the molecule is CC1(C)c2cc(Br)ccc2-c2ccc(Cl)c3cccc1c23. The minimum absolute atomic E-state index is 0.0314. The number of halogens is 2. The van der Waals surface area contributed by atoms with E-state index in [0.29, 0.717) is 0 Å². The average Bonchev–Trinajstić information content (AvgIpc) is 2.47. The van der Waals surface area contributed by atoms with Crippen molar-refractivity contribution in [2.24, 2.45) is 0 Å². The quantitative estimate of drug-likeness (QED) is 0.427. The molecule has 0 atom stereocenters. The van der Waals surface area contributed by atoms with E-state index in [2.05, 4.69) is 72.2 Å². The zero-order chi connectivity index (χ0) is 14.8. The topological polar surface area (TPSA) is 0 Å². The van der Waals surface area contributed by atoms with Gasteiger partial charge in [-0.1, -0.05) is 71.7 Å². The molecule has 4 rings (SSSR count). The average molecular weight is 358 g/mol. The Hall–Kier alpha value is -1.31. The van der Waals surface area contributed by atoms with Crippen molar-refractivity contribution >= 4 is 38.3 Å². The number of benzene rings is 3. The van der Waals surface area contributed by atoms with Crippen molar-refractivity contribution in [1.29, 1.82) is 0 Å². The summed E-state index contributed by atoms with van der Waals surface area (Å²) in [6, 6.07) is 17.2. The Morgan fingerprint density at radius 2 is 1.67 bits per heavy atom. The van der Waals surface area contributed by atoms with Gasteiger partial charge in [-0.15, -0.1) is 0 Å². The fraction of sp³-hybridized carbons (Fsp3) is 0.158. The predicted octanol–water partition coefficient (Wildman–Crippen LogP) is 6.56. The Balaban J connectivity index is 2.26. The van der Waals surface area contributed by atoms with E-state index in [-0.39, 0.29) is 5.41 Å². The lowest BCUT2D eigenvalue weighted by Gasteiger charge is -2.35. The van der Waals surface area contributed by atoms with E-state index in [4.69, 9.17) is 11.6 Å². The number of hydrogen-bond acceptors (Lipinski definition) is 0. The summed E-state index contributed by atoms with van der Waals surface area (Å²) in [4.78, 5) is 0. The van der Waals surface area contributed by atoms with Gasteiger partial charge >= 0.3 is 0 Å². The van der Waals surface area contributed by atoms with E-state index >= 15 is 0 Å². The fourth-order valence-electron chi connectivity index (χ4n) is 3.53. The van der Waals surface area contributed by atoms with E-state index in [0.717, 1.165) is 14.9 Å². The highest BCUT2D eigenvalue weighted by molar-refractivity contribution is 9.10. The highest BCUT2D eigenvalue weighted by atomic mass is 79.9. The molecule has 0 aromatic heterocycles. The minimum Gasteiger partial charge on any atom is -0.0837 e. The van der Waals surface area contributed by atoms with Crippen LogP contribution >= 0.6 is 27.5 Å². The van der Waals surface area contributed by atoms with Gasteiger partial charge in [0.05, 0.1) is 0 Å². The second-order valence-electron chi connectivity index (χ2n) is 6.14. The van der Waals surface area contributed by atoms with Crippen LogP contribution in [-0.2, 0) is 5.41 Å². The van der Waals surface area contributed by atoms with Gasteiger partial charge in [0.15, 0.2) is 0 Å². The maximum absolute atomic E-state index is 6.42. The van der Waals surface area contributed by atoms with E-state index < -0.39 is 0 Å². The van der Waals surface area contributed by atoms with Crippen LogP contribution in [0.5, 0.6) is 0 Å². The molecule has 0 radical (unpaired) electrons. The summed E-state index contributed by atoms with van der Waals surface area (Å²) >= 11 is 10.0. The highest BCUT2D eigenvalue weighted by Crippen LogP contribution is 2.50. The number of rotatable bonds is 0. The molecule has 0 N–H and O–H groups in total. The molecule has 1 aliphatic carbocycles. The summed E-state index contributed by atoms with van der Waals surface area (Å²) in [7, 11) is 0. The molecule has 1 aliphatic rings. The lowest BCUT2D eigenvalue weighted by atomic mass is 9.68. The van der Waals surface area contributed by atoms with E-state index in [1.54, 1.807) is 0 Å². The predicted molar refractivity (Wildman–Crippen MR) is 94.2 cm³/mol. The van der Waals surface area contributed by atoms with Gasteiger partial charge in [-0.2, -0.15) is 0 Å². The summed E-state index contributed by atoms with van der Waals surface area (Å²) in [5.74, 6) is 0. The molecule has 3 aromatic rings. The van der Waals surface area contributed by atoms with Gasteiger partial charge < -0.3 is 0 Å². The molecule has 0 aliphatic heterocycles. The van der Waals surface area contributed by atoms with Crippen LogP contribution in [0.4, 0.5) is 0 Å². The second-order valence-corrected chi connectivity index (χ2v) is 7.46. The van der Waals surface area contributed by atoms with Crippen molar-refractivity contribution in [3.05, 3.63) is 69.2 Å². The smallest absolute Gasteiger partial charge is 0.0484 e. The molecular weight excluding hydrogens is 344 g/mol. The molecule has 0 nitrogen and oxygen atoms in total. The Bertz CT molecular complexity index is 893. The van der Waals surface area contributed by atoms with Crippen LogP contribution in [0.3, 0.4) is 0 Å². The summed E-state index contributed by atoms with van der Waals surface area (Å²) in [6.07, 6.45) is 0. The summed E-state index contributed by atoms with van der Waals surface area (Å²) in [5, 5.41) is 3.27. The molecule has 0 bridgehead atoms.